The second-order valence-electron chi connectivity index (χ2n) is 2.00. The number of thiophene rings is 1. The first-order valence-corrected chi connectivity index (χ1v) is 4.55. The summed E-state index contributed by atoms with van der Waals surface area (Å²) in [5.74, 6) is 0. The van der Waals surface area contributed by atoms with E-state index in [2.05, 4.69) is 15.9 Å². The Balaban J connectivity index is 2.84. The van der Waals surface area contributed by atoms with Gasteiger partial charge in [0, 0.05) is 16.9 Å². The molecular weight excluding hydrogens is 228 g/mol. The maximum Gasteiger partial charge on any atom is 0.319 e. The number of hydrogen-bond donors (Lipinski definition) is 1. The number of primary amides is 1. The number of urea groups is 1. The van der Waals surface area contributed by atoms with Crippen LogP contribution in [-0.4, -0.2) is 13.1 Å². The molecule has 2 N–H and O–H groups in total. The van der Waals surface area contributed by atoms with Crippen LogP contribution in [-0.2, 0) is 0 Å². The second-order valence-corrected chi connectivity index (χ2v) is 3.81. The summed E-state index contributed by atoms with van der Waals surface area (Å²) in [5, 5.41) is 2.73. The zero-order chi connectivity index (χ0) is 8.43. The lowest BCUT2D eigenvalue weighted by Crippen LogP contribution is -2.30. The molecule has 0 unspecified atom stereocenters. The summed E-state index contributed by atoms with van der Waals surface area (Å²) in [7, 11) is 1.64. The van der Waals surface area contributed by atoms with Crippen LogP contribution in [0.4, 0.5) is 9.80 Å². The molecule has 0 atom stereocenters. The fraction of sp³-hybridized carbons (Fsp3) is 0.167. The van der Waals surface area contributed by atoms with E-state index >= 15 is 0 Å². The predicted molar refractivity (Wildman–Crippen MR) is 50.0 cm³/mol. The fourth-order valence-electron chi connectivity index (χ4n) is 0.587. The summed E-state index contributed by atoms with van der Waals surface area (Å²) >= 11 is 4.75. The van der Waals surface area contributed by atoms with Crippen LogP contribution >= 0.6 is 27.3 Å². The molecule has 5 heteroatoms. The largest absolute Gasteiger partial charge is 0.351 e. The zero-order valence-corrected chi connectivity index (χ0v) is 8.28. The van der Waals surface area contributed by atoms with E-state index in [1.54, 1.807) is 7.05 Å². The minimum Gasteiger partial charge on any atom is -0.351 e. The predicted octanol–water partition coefficient (Wildman–Crippen LogP) is 2.03. The topological polar surface area (TPSA) is 46.3 Å². The molecule has 1 heterocycles. The van der Waals surface area contributed by atoms with Crippen molar-refractivity contribution in [1.82, 2.24) is 0 Å². The molecule has 60 valence electrons. The third-order valence-corrected chi connectivity index (χ3v) is 2.98. The number of amides is 2. The average molecular weight is 235 g/mol. The molecule has 0 saturated heterocycles. The fourth-order valence-corrected chi connectivity index (χ4v) is 1.98. The second kappa shape index (κ2) is 3.23. The first-order valence-electron chi connectivity index (χ1n) is 2.88. The highest BCUT2D eigenvalue weighted by Gasteiger charge is 2.07. The average Bonchev–Trinajstić information content (AvgIpc) is 2.34. The van der Waals surface area contributed by atoms with Crippen molar-refractivity contribution >= 4 is 38.3 Å². The highest BCUT2D eigenvalue weighted by molar-refractivity contribution is 9.10. The van der Waals surface area contributed by atoms with Gasteiger partial charge in [-0.25, -0.2) is 4.79 Å². The van der Waals surface area contributed by atoms with Crippen LogP contribution in [0.2, 0.25) is 0 Å². The van der Waals surface area contributed by atoms with E-state index < -0.39 is 6.03 Å². The van der Waals surface area contributed by atoms with Crippen molar-refractivity contribution in [2.75, 3.05) is 11.9 Å². The van der Waals surface area contributed by atoms with Gasteiger partial charge in [-0.3, -0.25) is 4.90 Å². The molecule has 0 aliphatic rings. The Labute approximate surface area is 76.9 Å². The molecule has 0 aliphatic heterocycles. The summed E-state index contributed by atoms with van der Waals surface area (Å²) in [6.07, 6.45) is 0. The van der Waals surface area contributed by atoms with E-state index in [1.165, 1.54) is 16.2 Å². The van der Waals surface area contributed by atoms with Crippen LogP contribution in [0.15, 0.2) is 15.9 Å². The van der Waals surface area contributed by atoms with E-state index in [9.17, 15) is 4.79 Å². The Kier molecular flexibility index (Phi) is 2.51. The molecule has 0 fully saturated rings. The van der Waals surface area contributed by atoms with Gasteiger partial charge in [-0.2, -0.15) is 0 Å². The highest BCUT2D eigenvalue weighted by atomic mass is 79.9. The molecule has 0 aromatic carbocycles. The molecular formula is C6H7BrN2OS. The number of carbonyl (C=O) groups is 1. The summed E-state index contributed by atoms with van der Waals surface area (Å²) in [5.41, 5.74) is 5.06. The van der Waals surface area contributed by atoms with Crippen LogP contribution in [0.1, 0.15) is 0 Å². The van der Waals surface area contributed by atoms with Crippen molar-refractivity contribution in [1.29, 1.82) is 0 Å². The van der Waals surface area contributed by atoms with Gasteiger partial charge in [0.05, 0.1) is 5.00 Å². The summed E-state index contributed by atoms with van der Waals surface area (Å²) < 4.78 is 0.964. The normalized spacial score (nSPS) is 9.64. The van der Waals surface area contributed by atoms with E-state index in [1.807, 2.05) is 11.4 Å². The van der Waals surface area contributed by atoms with Crippen LogP contribution in [0, 0.1) is 0 Å². The molecule has 1 rings (SSSR count). The minimum atomic E-state index is -0.445. The van der Waals surface area contributed by atoms with Crippen molar-refractivity contribution in [3.05, 3.63) is 15.9 Å². The molecule has 3 nitrogen and oxygen atoms in total. The maximum absolute atomic E-state index is 10.6. The standard InChI is InChI=1S/C6H7BrN2OS/c1-9(6(8)10)5-2-4(7)3-11-5/h2-3H,1H3,(H2,8,10). The van der Waals surface area contributed by atoms with Gasteiger partial charge in [0.25, 0.3) is 0 Å². The number of nitrogens with zero attached hydrogens (tertiary/aromatic N) is 1. The Morgan fingerprint density at radius 3 is 2.82 bits per heavy atom. The monoisotopic (exact) mass is 234 g/mol. The Morgan fingerprint density at radius 2 is 2.45 bits per heavy atom. The van der Waals surface area contributed by atoms with Gasteiger partial charge in [0.15, 0.2) is 0 Å². The molecule has 0 bridgehead atoms. The third-order valence-electron chi connectivity index (χ3n) is 1.21. The Hall–Kier alpha value is -0.550. The zero-order valence-electron chi connectivity index (χ0n) is 5.87. The smallest absolute Gasteiger partial charge is 0.319 e. The maximum atomic E-state index is 10.6. The van der Waals surface area contributed by atoms with Gasteiger partial charge < -0.3 is 5.73 Å². The molecule has 0 radical (unpaired) electrons. The van der Waals surface area contributed by atoms with Crippen molar-refractivity contribution in [2.24, 2.45) is 5.73 Å². The van der Waals surface area contributed by atoms with Crippen molar-refractivity contribution < 1.29 is 4.79 Å². The number of hydrogen-bond acceptors (Lipinski definition) is 2. The van der Waals surface area contributed by atoms with Crippen LogP contribution in [0.5, 0.6) is 0 Å². The molecule has 0 spiro atoms. The lowest BCUT2D eigenvalue weighted by atomic mass is 10.6. The SMILES string of the molecule is CN(C(N)=O)c1cc(Br)cs1. The first-order chi connectivity index (χ1) is 5.11. The number of anilines is 1. The Bertz CT molecular complexity index is 273. The summed E-state index contributed by atoms with van der Waals surface area (Å²) in [6.45, 7) is 0. The van der Waals surface area contributed by atoms with E-state index in [0.717, 1.165) is 9.47 Å². The van der Waals surface area contributed by atoms with E-state index in [-0.39, 0.29) is 0 Å². The van der Waals surface area contributed by atoms with Gasteiger partial charge in [-0.05, 0) is 22.0 Å². The van der Waals surface area contributed by atoms with Gasteiger partial charge in [0.2, 0.25) is 0 Å². The highest BCUT2D eigenvalue weighted by Crippen LogP contribution is 2.26. The Morgan fingerprint density at radius 1 is 1.82 bits per heavy atom. The third kappa shape index (κ3) is 1.94. The van der Waals surface area contributed by atoms with Gasteiger partial charge in [-0.15, -0.1) is 11.3 Å². The van der Waals surface area contributed by atoms with E-state index in [4.69, 9.17) is 5.73 Å². The quantitative estimate of drug-likeness (QED) is 0.795. The first kappa shape index (κ1) is 8.55. The number of carbonyl (C=O) groups excluding carboxylic acids is 1. The van der Waals surface area contributed by atoms with Gasteiger partial charge >= 0.3 is 6.03 Å². The van der Waals surface area contributed by atoms with Crippen molar-refractivity contribution in [2.45, 2.75) is 0 Å². The molecule has 11 heavy (non-hydrogen) atoms. The van der Waals surface area contributed by atoms with Crippen LogP contribution < -0.4 is 10.6 Å². The van der Waals surface area contributed by atoms with Crippen molar-refractivity contribution in [3.8, 4) is 0 Å². The lowest BCUT2D eigenvalue weighted by molar-refractivity contribution is 0.255. The minimum absolute atomic E-state index is 0.445. The molecule has 2 amide bonds. The lowest BCUT2D eigenvalue weighted by Gasteiger charge is -2.09. The number of rotatable bonds is 1. The summed E-state index contributed by atoms with van der Waals surface area (Å²) in [4.78, 5) is 12.0. The molecule has 1 aromatic heterocycles. The van der Waals surface area contributed by atoms with Crippen molar-refractivity contribution in [3.63, 3.8) is 0 Å². The number of halogens is 1. The van der Waals surface area contributed by atoms with Crippen LogP contribution in [0.3, 0.4) is 0 Å². The van der Waals surface area contributed by atoms with E-state index in [0.29, 0.717) is 0 Å². The summed E-state index contributed by atoms with van der Waals surface area (Å²) in [6, 6.07) is 1.40. The molecule has 0 aliphatic carbocycles. The van der Waals surface area contributed by atoms with Crippen LogP contribution in [0.25, 0.3) is 0 Å². The number of nitrogens with two attached hydrogens (primary N) is 1. The van der Waals surface area contributed by atoms with Gasteiger partial charge in [0.1, 0.15) is 0 Å². The molecule has 1 aromatic rings. The van der Waals surface area contributed by atoms with Gasteiger partial charge in [-0.1, -0.05) is 0 Å². The molecule has 0 saturated carbocycles.